The zero-order chi connectivity index (χ0) is 11.4. The summed E-state index contributed by atoms with van der Waals surface area (Å²) >= 11 is 0. The average Bonchev–Trinajstić information content (AvgIpc) is 2.60. The van der Waals surface area contributed by atoms with E-state index in [9.17, 15) is 9.59 Å². The van der Waals surface area contributed by atoms with Gasteiger partial charge in [0.05, 0.1) is 6.54 Å². The predicted octanol–water partition coefficient (Wildman–Crippen LogP) is 0.269. The third kappa shape index (κ3) is 3.11. The van der Waals surface area contributed by atoms with Gasteiger partial charge >= 0.3 is 6.03 Å². The molecule has 0 bridgehead atoms. The van der Waals surface area contributed by atoms with Crippen molar-refractivity contribution in [2.24, 2.45) is 0 Å². The van der Waals surface area contributed by atoms with E-state index in [4.69, 9.17) is 0 Å². The quantitative estimate of drug-likeness (QED) is 0.715. The Morgan fingerprint density at radius 2 is 2.13 bits per heavy atom. The standard InChI is InChI=1S/C10H19N3O2/c1-8-5-4-6-13(8)9(14)7-11-10(15)12(2)3/h8H,4-7H2,1-3H3,(H,11,15)/t8-/m1/s1. The molecule has 1 aliphatic heterocycles. The lowest BCUT2D eigenvalue weighted by Gasteiger charge is -2.22. The van der Waals surface area contributed by atoms with Crippen LogP contribution in [-0.4, -0.2) is 55.0 Å². The third-order valence-electron chi connectivity index (χ3n) is 2.67. The summed E-state index contributed by atoms with van der Waals surface area (Å²) in [6.07, 6.45) is 2.13. The minimum Gasteiger partial charge on any atom is -0.338 e. The molecule has 0 saturated carbocycles. The second-order valence-electron chi connectivity index (χ2n) is 4.13. The van der Waals surface area contributed by atoms with Crippen molar-refractivity contribution < 1.29 is 9.59 Å². The molecule has 1 aliphatic rings. The van der Waals surface area contributed by atoms with Crippen LogP contribution in [0.3, 0.4) is 0 Å². The maximum absolute atomic E-state index is 11.7. The zero-order valence-corrected chi connectivity index (χ0v) is 9.62. The second kappa shape index (κ2) is 5.00. The van der Waals surface area contributed by atoms with Crippen LogP contribution in [-0.2, 0) is 4.79 Å². The highest BCUT2D eigenvalue weighted by atomic mass is 16.2. The van der Waals surface area contributed by atoms with E-state index >= 15 is 0 Å². The number of hydrogen-bond acceptors (Lipinski definition) is 2. The Bertz CT molecular complexity index is 253. The van der Waals surface area contributed by atoms with E-state index in [1.54, 1.807) is 14.1 Å². The number of nitrogens with one attached hydrogen (secondary N) is 1. The molecular formula is C10H19N3O2. The van der Waals surface area contributed by atoms with Crippen molar-refractivity contribution in [3.63, 3.8) is 0 Å². The van der Waals surface area contributed by atoms with Crippen LogP contribution in [0, 0.1) is 0 Å². The Morgan fingerprint density at radius 1 is 1.47 bits per heavy atom. The molecule has 1 saturated heterocycles. The van der Waals surface area contributed by atoms with Crippen LogP contribution in [0.2, 0.25) is 0 Å². The average molecular weight is 213 g/mol. The molecule has 1 heterocycles. The molecule has 0 radical (unpaired) electrons. The number of hydrogen-bond donors (Lipinski definition) is 1. The Labute approximate surface area is 90.4 Å². The molecule has 1 fully saturated rings. The number of rotatable bonds is 2. The van der Waals surface area contributed by atoms with Gasteiger partial charge in [0, 0.05) is 26.7 Å². The lowest BCUT2D eigenvalue weighted by Crippen LogP contribution is -2.44. The molecule has 1 atom stereocenters. The summed E-state index contributed by atoms with van der Waals surface area (Å²) in [6.45, 7) is 2.96. The van der Waals surface area contributed by atoms with Crippen LogP contribution in [0.15, 0.2) is 0 Å². The van der Waals surface area contributed by atoms with E-state index in [2.05, 4.69) is 5.32 Å². The van der Waals surface area contributed by atoms with Crippen molar-refractivity contribution >= 4 is 11.9 Å². The largest absolute Gasteiger partial charge is 0.338 e. The van der Waals surface area contributed by atoms with Gasteiger partial charge in [-0.1, -0.05) is 0 Å². The Hall–Kier alpha value is -1.26. The summed E-state index contributed by atoms with van der Waals surface area (Å²) in [4.78, 5) is 26.1. The zero-order valence-electron chi connectivity index (χ0n) is 9.62. The highest BCUT2D eigenvalue weighted by molar-refractivity contribution is 5.84. The summed E-state index contributed by atoms with van der Waals surface area (Å²) in [7, 11) is 3.30. The highest BCUT2D eigenvalue weighted by Crippen LogP contribution is 2.15. The molecule has 1 N–H and O–H groups in total. The first-order valence-corrected chi connectivity index (χ1v) is 5.27. The molecule has 0 unspecified atom stereocenters. The molecule has 5 heteroatoms. The van der Waals surface area contributed by atoms with Gasteiger partial charge in [-0.3, -0.25) is 4.79 Å². The van der Waals surface area contributed by atoms with Crippen LogP contribution in [0.5, 0.6) is 0 Å². The molecule has 0 aromatic carbocycles. The number of carbonyl (C=O) groups is 2. The lowest BCUT2D eigenvalue weighted by molar-refractivity contribution is -0.130. The molecule has 0 aromatic heterocycles. The fourth-order valence-corrected chi connectivity index (χ4v) is 1.71. The number of nitrogens with zero attached hydrogens (tertiary/aromatic N) is 2. The molecular weight excluding hydrogens is 194 g/mol. The number of likely N-dealkylation sites (tertiary alicyclic amines) is 1. The van der Waals surface area contributed by atoms with Gasteiger partial charge in [-0.15, -0.1) is 0 Å². The predicted molar refractivity (Wildman–Crippen MR) is 57.5 cm³/mol. The van der Waals surface area contributed by atoms with E-state index in [-0.39, 0.29) is 18.5 Å². The van der Waals surface area contributed by atoms with Gasteiger partial charge < -0.3 is 15.1 Å². The summed E-state index contributed by atoms with van der Waals surface area (Å²) in [6, 6.07) is 0.0870. The van der Waals surface area contributed by atoms with Gasteiger partial charge in [0.25, 0.3) is 0 Å². The van der Waals surface area contributed by atoms with E-state index in [0.717, 1.165) is 19.4 Å². The SMILES string of the molecule is C[C@@H]1CCCN1C(=O)CNC(=O)N(C)C. The van der Waals surface area contributed by atoms with E-state index in [0.29, 0.717) is 6.04 Å². The third-order valence-corrected chi connectivity index (χ3v) is 2.67. The minimum absolute atomic E-state index is 0.00944. The van der Waals surface area contributed by atoms with Gasteiger partial charge in [0.1, 0.15) is 0 Å². The van der Waals surface area contributed by atoms with Crippen LogP contribution >= 0.6 is 0 Å². The van der Waals surface area contributed by atoms with E-state index < -0.39 is 0 Å². The Morgan fingerprint density at radius 3 is 2.60 bits per heavy atom. The summed E-state index contributed by atoms with van der Waals surface area (Å²) in [5.41, 5.74) is 0. The molecule has 1 rings (SSSR count). The smallest absolute Gasteiger partial charge is 0.317 e. The van der Waals surface area contributed by atoms with Gasteiger partial charge in [-0.05, 0) is 19.8 Å². The van der Waals surface area contributed by atoms with Gasteiger partial charge in [0.15, 0.2) is 0 Å². The summed E-state index contributed by atoms with van der Waals surface area (Å²) in [5, 5.41) is 2.58. The minimum atomic E-state index is -0.227. The van der Waals surface area contributed by atoms with E-state index in [1.807, 2.05) is 11.8 Å². The van der Waals surface area contributed by atoms with Crippen LogP contribution in [0.1, 0.15) is 19.8 Å². The first kappa shape index (κ1) is 11.8. The fraction of sp³-hybridized carbons (Fsp3) is 0.800. The summed E-state index contributed by atoms with van der Waals surface area (Å²) < 4.78 is 0. The lowest BCUT2D eigenvalue weighted by atomic mass is 10.2. The molecule has 0 spiro atoms. The van der Waals surface area contributed by atoms with Crippen LogP contribution < -0.4 is 5.32 Å². The topological polar surface area (TPSA) is 52.7 Å². The molecule has 86 valence electrons. The maximum Gasteiger partial charge on any atom is 0.317 e. The van der Waals surface area contributed by atoms with Crippen molar-refractivity contribution in [3.05, 3.63) is 0 Å². The van der Waals surface area contributed by atoms with Gasteiger partial charge in [-0.2, -0.15) is 0 Å². The Kier molecular flexibility index (Phi) is 3.94. The number of carbonyl (C=O) groups excluding carboxylic acids is 2. The molecule has 0 aromatic rings. The first-order chi connectivity index (χ1) is 7.02. The second-order valence-corrected chi connectivity index (χ2v) is 4.13. The van der Waals surface area contributed by atoms with Gasteiger partial charge in [0.2, 0.25) is 5.91 Å². The van der Waals surface area contributed by atoms with Crippen molar-refractivity contribution in [1.29, 1.82) is 0 Å². The Balaban J connectivity index is 2.33. The maximum atomic E-state index is 11.7. The molecule has 15 heavy (non-hydrogen) atoms. The molecule has 5 nitrogen and oxygen atoms in total. The summed E-state index contributed by atoms with van der Waals surface area (Å²) in [5.74, 6) is 0.00944. The molecule has 0 aliphatic carbocycles. The number of urea groups is 1. The molecule has 3 amide bonds. The van der Waals surface area contributed by atoms with Crippen molar-refractivity contribution in [2.75, 3.05) is 27.2 Å². The van der Waals surface area contributed by atoms with Crippen LogP contribution in [0.25, 0.3) is 0 Å². The van der Waals surface area contributed by atoms with Gasteiger partial charge in [-0.25, -0.2) is 4.79 Å². The van der Waals surface area contributed by atoms with Crippen molar-refractivity contribution in [3.8, 4) is 0 Å². The first-order valence-electron chi connectivity index (χ1n) is 5.27. The monoisotopic (exact) mass is 213 g/mol. The highest BCUT2D eigenvalue weighted by Gasteiger charge is 2.24. The van der Waals surface area contributed by atoms with Crippen molar-refractivity contribution in [2.45, 2.75) is 25.8 Å². The number of amides is 3. The fourth-order valence-electron chi connectivity index (χ4n) is 1.71. The normalized spacial score (nSPS) is 20.2. The van der Waals surface area contributed by atoms with Crippen LogP contribution in [0.4, 0.5) is 4.79 Å². The van der Waals surface area contributed by atoms with E-state index in [1.165, 1.54) is 4.90 Å². The van der Waals surface area contributed by atoms with Crippen molar-refractivity contribution in [1.82, 2.24) is 15.1 Å².